The predicted molar refractivity (Wildman–Crippen MR) is 104 cm³/mol. The minimum Gasteiger partial charge on any atom is -0.294 e. The lowest BCUT2D eigenvalue weighted by Crippen LogP contribution is -2.42. The molecule has 0 N–H and O–H groups in total. The largest absolute Gasteiger partial charge is 0.294 e. The molecule has 2 aliphatic rings. The van der Waals surface area contributed by atoms with Gasteiger partial charge in [0.25, 0.3) is 0 Å². The molecule has 1 unspecified atom stereocenters. The second-order valence-corrected chi connectivity index (χ2v) is 6.73. The van der Waals surface area contributed by atoms with Crippen LogP contribution >= 0.6 is 0 Å². The van der Waals surface area contributed by atoms with Crippen LogP contribution in [0.1, 0.15) is 37.8 Å². The maximum absolute atomic E-state index is 13.6. The number of carbonyl (C=O) groups is 2. The standard InChI is InChI=1S/C23H21NO2/c1-3-21(25)18-14-16-10-8-9-13-19(16)23(4-2)20(18)15-24(22(23)26)17-11-6-5-7-12-17/h5-15H,3-4H2,1-2H3. The maximum Gasteiger partial charge on any atom is 0.246 e. The normalized spacial score (nSPS) is 21.0. The highest BCUT2D eigenvalue weighted by Crippen LogP contribution is 2.51. The third kappa shape index (κ3) is 2.13. The van der Waals surface area contributed by atoms with Crippen molar-refractivity contribution < 1.29 is 9.59 Å². The summed E-state index contributed by atoms with van der Waals surface area (Å²) in [5.74, 6) is 0.0921. The van der Waals surface area contributed by atoms with Crippen LogP contribution in [-0.2, 0) is 15.0 Å². The van der Waals surface area contributed by atoms with Crippen LogP contribution in [0.5, 0.6) is 0 Å². The van der Waals surface area contributed by atoms with Gasteiger partial charge in [-0.15, -0.1) is 0 Å². The Hall–Kier alpha value is -2.94. The second kappa shape index (κ2) is 6.10. The zero-order valence-corrected chi connectivity index (χ0v) is 15.0. The minimum absolute atomic E-state index is 0.0168. The van der Waals surface area contributed by atoms with Crippen LogP contribution in [0.25, 0.3) is 6.08 Å². The highest BCUT2D eigenvalue weighted by molar-refractivity contribution is 6.16. The van der Waals surface area contributed by atoms with Gasteiger partial charge in [0, 0.05) is 23.9 Å². The molecule has 4 rings (SSSR count). The average molecular weight is 343 g/mol. The van der Waals surface area contributed by atoms with Gasteiger partial charge in [0.2, 0.25) is 5.91 Å². The Morgan fingerprint density at radius 3 is 2.38 bits per heavy atom. The molecule has 0 bridgehead atoms. The van der Waals surface area contributed by atoms with E-state index in [0.29, 0.717) is 18.4 Å². The lowest BCUT2D eigenvalue weighted by Gasteiger charge is -2.35. The summed E-state index contributed by atoms with van der Waals surface area (Å²) in [6, 6.07) is 17.5. The van der Waals surface area contributed by atoms with E-state index in [1.165, 1.54) is 0 Å². The highest BCUT2D eigenvalue weighted by atomic mass is 16.2. The van der Waals surface area contributed by atoms with Crippen LogP contribution in [0.2, 0.25) is 0 Å². The number of nitrogens with zero attached hydrogens (tertiary/aromatic N) is 1. The average Bonchev–Trinajstić information content (AvgIpc) is 3.01. The summed E-state index contributed by atoms with van der Waals surface area (Å²) in [4.78, 5) is 28.0. The van der Waals surface area contributed by atoms with Gasteiger partial charge in [0.05, 0.1) is 0 Å². The molecule has 1 heterocycles. The Morgan fingerprint density at radius 1 is 1.00 bits per heavy atom. The lowest BCUT2D eigenvalue weighted by atomic mass is 9.65. The number of benzene rings is 2. The number of anilines is 1. The lowest BCUT2D eigenvalue weighted by molar-refractivity contribution is -0.121. The Bertz CT molecular complexity index is 955. The predicted octanol–water partition coefficient (Wildman–Crippen LogP) is 4.64. The number of amides is 1. The van der Waals surface area contributed by atoms with Gasteiger partial charge >= 0.3 is 0 Å². The monoisotopic (exact) mass is 343 g/mol. The Balaban J connectivity index is 1.99. The minimum atomic E-state index is -0.790. The number of hydrogen-bond donors (Lipinski definition) is 0. The molecule has 3 heteroatoms. The van der Waals surface area contributed by atoms with Gasteiger partial charge in [-0.05, 0) is 41.3 Å². The molecule has 0 radical (unpaired) electrons. The molecule has 1 aliphatic heterocycles. The number of Topliss-reactive ketones (excluding diaryl/α,β-unsaturated/α-hetero) is 1. The van der Waals surface area contributed by atoms with Crippen molar-refractivity contribution in [2.45, 2.75) is 32.1 Å². The molecule has 0 fully saturated rings. The molecular weight excluding hydrogens is 322 g/mol. The van der Waals surface area contributed by atoms with Gasteiger partial charge in [-0.3, -0.25) is 14.5 Å². The van der Waals surface area contributed by atoms with Crippen molar-refractivity contribution >= 4 is 23.5 Å². The number of carbonyl (C=O) groups excluding carboxylic acids is 2. The summed E-state index contributed by atoms with van der Waals surface area (Å²) < 4.78 is 0. The van der Waals surface area contributed by atoms with Crippen molar-refractivity contribution in [3.63, 3.8) is 0 Å². The van der Waals surface area contributed by atoms with Gasteiger partial charge in [-0.25, -0.2) is 0 Å². The molecule has 3 nitrogen and oxygen atoms in total. The summed E-state index contributed by atoms with van der Waals surface area (Å²) in [5, 5.41) is 0. The molecule has 26 heavy (non-hydrogen) atoms. The van der Waals surface area contributed by atoms with Crippen molar-refractivity contribution in [2.24, 2.45) is 0 Å². The number of rotatable bonds is 4. The Morgan fingerprint density at radius 2 is 1.69 bits per heavy atom. The third-order valence-corrected chi connectivity index (χ3v) is 5.50. The first-order chi connectivity index (χ1) is 12.6. The molecule has 0 aromatic heterocycles. The van der Waals surface area contributed by atoms with Gasteiger partial charge in [-0.1, -0.05) is 56.3 Å². The molecule has 1 amide bonds. The highest BCUT2D eigenvalue weighted by Gasteiger charge is 2.53. The van der Waals surface area contributed by atoms with Crippen LogP contribution in [0, 0.1) is 0 Å². The van der Waals surface area contributed by atoms with Gasteiger partial charge in [0.15, 0.2) is 5.78 Å². The molecule has 0 saturated carbocycles. The Kier molecular flexibility index (Phi) is 3.87. The number of fused-ring (bicyclic) bond motifs is 3. The molecular formula is C23H21NO2. The van der Waals surface area contributed by atoms with E-state index in [2.05, 4.69) is 0 Å². The van der Waals surface area contributed by atoms with E-state index in [9.17, 15) is 9.59 Å². The van der Waals surface area contributed by atoms with E-state index in [1.807, 2.05) is 80.7 Å². The van der Waals surface area contributed by atoms with E-state index in [0.717, 1.165) is 22.4 Å². The summed E-state index contributed by atoms with van der Waals surface area (Å²) in [5.41, 5.74) is 3.49. The summed E-state index contributed by atoms with van der Waals surface area (Å²) in [7, 11) is 0. The van der Waals surface area contributed by atoms with Crippen molar-refractivity contribution in [3.8, 4) is 0 Å². The van der Waals surface area contributed by atoms with Gasteiger partial charge in [-0.2, -0.15) is 0 Å². The summed E-state index contributed by atoms with van der Waals surface area (Å²) >= 11 is 0. The van der Waals surface area contributed by atoms with Crippen LogP contribution in [0.15, 0.2) is 71.9 Å². The van der Waals surface area contributed by atoms with E-state index in [-0.39, 0.29) is 11.7 Å². The van der Waals surface area contributed by atoms with Crippen molar-refractivity contribution in [3.05, 3.63) is 83.1 Å². The van der Waals surface area contributed by atoms with Crippen LogP contribution in [0.4, 0.5) is 5.69 Å². The van der Waals surface area contributed by atoms with Crippen LogP contribution in [0.3, 0.4) is 0 Å². The fourth-order valence-corrected chi connectivity index (χ4v) is 4.16. The molecule has 130 valence electrons. The smallest absolute Gasteiger partial charge is 0.246 e. The first-order valence-corrected chi connectivity index (χ1v) is 9.09. The van der Waals surface area contributed by atoms with Crippen LogP contribution < -0.4 is 4.90 Å². The fraction of sp³-hybridized carbons (Fsp3) is 0.217. The SMILES string of the molecule is CCC(=O)C1=Cc2ccccc2C2(CC)C(=O)N(c3ccccc3)C=C12. The number of allylic oxidation sites excluding steroid dienone is 1. The maximum atomic E-state index is 13.6. The van der Waals surface area contributed by atoms with Crippen molar-refractivity contribution in [2.75, 3.05) is 4.90 Å². The van der Waals surface area contributed by atoms with Crippen molar-refractivity contribution in [1.82, 2.24) is 0 Å². The molecule has 1 atom stereocenters. The van der Waals surface area contributed by atoms with E-state index < -0.39 is 5.41 Å². The number of hydrogen-bond acceptors (Lipinski definition) is 2. The molecule has 0 spiro atoms. The molecule has 0 saturated heterocycles. The van der Waals surface area contributed by atoms with E-state index >= 15 is 0 Å². The second-order valence-electron chi connectivity index (χ2n) is 6.73. The zero-order valence-electron chi connectivity index (χ0n) is 15.0. The summed E-state index contributed by atoms with van der Waals surface area (Å²) in [6.45, 7) is 3.89. The number of ketones is 1. The van der Waals surface area contributed by atoms with Crippen LogP contribution in [-0.4, -0.2) is 11.7 Å². The topological polar surface area (TPSA) is 37.4 Å². The molecule has 2 aromatic carbocycles. The quantitative estimate of drug-likeness (QED) is 0.811. The third-order valence-electron chi connectivity index (χ3n) is 5.50. The summed E-state index contributed by atoms with van der Waals surface area (Å²) in [6.07, 6.45) is 4.86. The van der Waals surface area contributed by atoms with Gasteiger partial charge in [0.1, 0.15) is 5.41 Å². The Labute approximate surface area is 153 Å². The first-order valence-electron chi connectivity index (χ1n) is 9.09. The molecule has 2 aromatic rings. The van der Waals surface area contributed by atoms with Gasteiger partial charge < -0.3 is 0 Å². The molecule has 1 aliphatic carbocycles. The fourth-order valence-electron chi connectivity index (χ4n) is 4.16. The first kappa shape index (κ1) is 16.5. The van der Waals surface area contributed by atoms with E-state index in [1.54, 1.807) is 4.90 Å². The van der Waals surface area contributed by atoms with E-state index in [4.69, 9.17) is 0 Å². The van der Waals surface area contributed by atoms with Crippen molar-refractivity contribution in [1.29, 1.82) is 0 Å². The zero-order chi connectivity index (χ0) is 18.3. The number of para-hydroxylation sites is 1.